The Balaban J connectivity index is 2.89. The molecule has 0 bridgehead atoms. The van der Waals surface area contributed by atoms with Crippen molar-refractivity contribution < 1.29 is 24.9 Å². The highest BCUT2D eigenvalue weighted by Crippen LogP contribution is 2.21. The molecule has 7 heteroatoms. The summed E-state index contributed by atoms with van der Waals surface area (Å²) in [6.45, 7) is -0.726. The van der Waals surface area contributed by atoms with E-state index in [1.807, 2.05) is 0 Å². The maximum absolute atomic E-state index is 11.6. The zero-order valence-electron chi connectivity index (χ0n) is 8.55. The van der Waals surface area contributed by atoms with Crippen molar-refractivity contribution in [1.82, 2.24) is 5.32 Å². The molecule has 0 spiro atoms. The molecule has 0 aliphatic rings. The second kappa shape index (κ2) is 5.65. The van der Waals surface area contributed by atoms with Crippen molar-refractivity contribution in [2.45, 2.75) is 6.04 Å². The molecule has 0 aromatic heterocycles. The highest BCUT2D eigenvalue weighted by atomic mass is 79.9. The Morgan fingerprint density at radius 2 is 2.06 bits per heavy atom. The fraction of sp³-hybridized carbons (Fsp3) is 0.200. The molecule has 4 N–H and O–H groups in total. The van der Waals surface area contributed by atoms with Gasteiger partial charge in [-0.25, -0.2) is 4.79 Å². The maximum Gasteiger partial charge on any atom is 0.328 e. The summed E-state index contributed by atoms with van der Waals surface area (Å²) in [5.41, 5.74) is -0.0703. The van der Waals surface area contributed by atoms with E-state index in [4.69, 9.17) is 10.2 Å². The smallest absolute Gasteiger partial charge is 0.328 e. The molecule has 0 fully saturated rings. The van der Waals surface area contributed by atoms with Crippen molar-refractivity contribution in [2.75, 3.05) is 6.61 Å². The van der Waals surface area contributed by atoms with Gasteiger partial charge in [0.2, 0.25) is 0 Å². The average molecular weight is 304 g/mol. The number of phenols is 1. The van der Waals surface area contributed by atoms with E-state index in [2.05, 4.69) is 21.2 Å². The summed E-state index contributed by atoms with van der Waals surface area (Å²) >= 11 is 3.12. The monoisotopic (exact) mass is 303 g/mol. The third kappa shape index (κ3) is 3.43. The molecule has 0 radical (unpaired) electrons. The number of carboxylic acid groups (broad SMARTS) is 1. The van der Waals surface area contributed by atoms with E-state index < -0.39 is 24.5 Å². The van der Waals surface area contributed by atoms with E-state index in [1.54, 1.807) is 0 Å². The van der Waals surface area contributed by atoms with Gasteiger partial charge in [0.15, 0.2) is 6.04 Å². The number of hydrogen-bond donors (Lipinski definition) is 4. The molecule has 1 aromatic carbocycles. The molecule has 0 aliphatic carbocycles. The zero-order chi connectivity index (χ0) is 13.0. The van der Waals surface area contributed by atoms with Crippen LogP contribution in [0.15, 0.2) is 22.7 Å². The van der Waals surface area contributed by atoms with Gasteiger partial charge in [0.25, 0.3) is 5.91 Å². The second-order valence-electron chi connectivity index (χ2n) is 3.21. The number of rotatable bonds is 4. The van der Waals surface area contributed by atoms with Crippen LogP contribution in [0.25, 0.3) is 0 Å². The van der Waals surface area contributed by atoms with E-state index in [-0.39, 0.29) is 11.3 Å². The van der Waals surface area contributed by atoms with E-state index in [1.165, 1.54) is 18.2 Å². The van der Waals surface area contributed by atoms with Gasteiger partial charge in [0.05, 0.1) is 12.2 Å². The van der Waals surface area contributed by atoms with E-state index >= 15 is 0 Å². The van der Waals surface area contributed by atoms with Crippen LogP contribution in [-0.4, -0.2) is 39.8 Å². The highest BCUT2D eigenvalue weighted by Gasteiger charge is 2.21. The molecule has 0 saturated carbocycles. The Hall–Kier alpha value is -1.60. The van der Waals surface area contributed by atoms with Gasteiger partial charge < -0.3 is 20.6 Å². The zero-order valence-corrected chi connectivity index (χ0v) is 10.1. The number of carboxylic acids is 1. The first-order valence-corrected chi connectivity index (χ1v) is 5.38. The number of nitrogens with one attached hydrogen (secondary N) is 1. The molecule has 1 aromatic rings. The van der Waals surface area contributed by atoms with Crippen LogP contribution >= 0.6 is 15.9 Å². The molecule has 17 heavy (non-hydrogen) atoms. The number of aliphatic carboxylic acids is 1. The summed E-state index contributed by atoms with van der Waals surface area (Å²) in [5.74, 6) is -2.40. The standard InChI is InChI=1S/C10H10BrNO5/c11-5-1-2-8(14)6(3-5)9(15)12-7(4-13)10(16)17/h1-3,7,13-14H,4H2,(H,12,15)(H,16,17). The molecule has 1 rings (SSSR count). The first-order valence-electron chi connectivity index (χ1n) is 4.58. The fourth-order valence-electron chi connectivity index (χ4n) is 1.11. The summed E-state index contributed by atoms with van der Waals surface area (Å²) in [7, 11) is 0. The van der Waals surface area contributed by atoms with Gasteiger partial charge in [-0.2, -0.15) is 0 Å². The highest BCUT2D eigenvalue weighted by molar-refractivity contribution is 9.10. The predicted molar refractivity (Wildman–Crippen MR) is 61.8 cm³/mol. The van der Waals surface area contributed by atoms with Gasteiger partial charge in [-0.1, -0.05) is 15.9 Å². The molecule has 1 amide bonds. The quantitative estimate of drug-likeness (QED) is 0.641. The number of hydrogen-bond acceptors (Lipinski definition) is 4. The molecule has 1 unspecified atom stereocenters. The minimum Gasteiger partial charge on any atom is -0.507 e. The first-order chi connectivity index (χ1) is 7.95. The lowest BCUT2D eigenvalue weighted by atomic mass is 10.1. The third-order valence-corrected chi connectivity index (χ3v) is 2.48. The Morgan fingerprint density at radius 1 is 1.41 bits per heavy atom. The largest absolute Gasteiger partial charge is 0.507 e. The summed E-state index contributed by atoms with van der Waals surface area (Å²) in [6, 6.07) is 2.78. The van der Waals surface area contributed by atoms with Crippen LogP contribution in [-0.2, 0) is 4.79 Å². The predicted octanol–water partition coefficient (Wildman–Crippen LogP) is 0.330. The Labute approximate surface area is 105 Å². The van der Waals surface area contributed by atoms with Gasteiger partial charge in [-0.15, -0.1) is 0 Å². The molecule has 0 heterocycles. The number of aliphatic hydroxyl groups excluding tert-OH is 1. The van der Waals surface area contributed by atoms with Crippen LogP contribution < -0.4 is 5.32 Å². The summed E-state index contributed by atoms with van der Waals surface area (Å²) < 4.78 is 0.566. The van der Waals surface area contributed by atoms with E-state index in [9.17, 15) is 14.7 Å². The first kappa shape index (κ1) is 13.5. The Morgan fingerprint density at radius 3 is 2.59 bits per heavy atom. The van der Waals surface area contributed by atoms with Crippen LogP contribution in [0.2, 0.25) is 0 Å². The normalized spacial score (nSPS) is 11.9. The minimum atomic E-state index is -1.40. The summed E-state index contributed by atoms with van der Waals surface area (Å²) in [6.07, 6.45) is 0. The van der Waals surface area contributed by atoms with Crippen LogP contribution in [0.4, 0.5) is 0 Å². The molecule has 0 aliphatic heterocycles. The number of phenolic OH excluding ortho intramolecular Hbond substituents is 1. The van der Waals surface area contributed by atoms with Gasteiger partial charge in [0, 0.05) is 4.47 Å². The maximum atomic E-state index is 11.6. The molecule has 0 saturated heterocycles. The summed E-state index contributed by atoms with van der Waals surface area (Å²) in [4.78, 5) is 22.2. The topological polar surface area (TPSA) is 107 Å². The Kier molecular flexibility index (Phi) is 4.47. The van der Waals surface area contributed by atoms with Crippen LogP contribution in [0.5, 0.6) is 5.75 Å². The van der Waals surface area contributed by atoms with Gasteiger partial charge in [0.1, 0.15) is 5.75 Å². The number of aromatic hydroxyl groups is 1. The number of halogens is 1. The lowest BCUT2D eigenvalue weighted by Crippen LogP contribution is -2.43. The lowest BCUT2D eigenvalue weighted by Gasteiger charge is -2.12. The number of carbonyl (C=O) groups excluding carboxylic acids is 1. The molecule has 1 atom stereocenters. The van der Waals surface area contributed by atoms with Crippen molar-refractivity contribution in [1.29, 1.82) is 0 Å². The minimum absolute atomic E-state index is 0.0703. The molecule has 6 nitrogen and oxygen atoms in total. The van der Waals surface area contributed by atoms with E-state index in [0.717, 1.165) is 0 Å². The van der Waals surface area contributed by atoms with Crippen molar-refractivity contribution in [3.8, 4) is 5.75 Å². The van der Waals surface area contributed by atoms with Crippen molar-refractivity contribution in [3.05, 3.63) is 28.2 Å². The molecular formula is C10H10BrNO5. The van der Waals surface area contributed by atoms with Crippen molar-refractivity contribution in [2.24, 2.45) is 0 Å². The lowest BCUT2D eigenvalue weighted by molar-refractivity contribution is -0.140. The van der Waals surface area contributed by atoms with Crippen LogP contribution in [0.1, 0.15) is 10.4 Å². The average Bonchev–Trinajstić information content (AvgIpc) is 2.28. The van der Waals surface area contributed by atoms with Gasteiger partial charge in [-0.05, 0) is 18.2 Å². The number of aliphatic hydroxyl groups is 1. The SMILES string of the molecule is O=C(NC(CO)C(=O)O)c1cc(Br)ccc1O. The number of benzene rings is 1. The number of carbonyl (C=O) groups is 2. The van der Waals surface area contributed by atoms with Crippen LogP contribution in [0.3, 0.4) is 0 Å². The van der Waals surface area contributed by atoms with Crippen LogP contribution in [0, 0.1) is 0 Å². The Bertz CT molecular complexity index is 448. The third-order valence-electron chi connectivity index (χ3n) is 1.99. The summed E-state index contributed by atoms with van der Waals surface area (Å²) in [5, 5.41) is 28.9. The van der Waals surface area contributed by atoms with E-state index in [0.29, 0.717) is 4.47 Å². The number of amides is 1. The molecule has 92 valence electrons. The van der Waals surface area contributed by atoms with Gasteiger partial charge >= 0.3 is 5.97 Å². The second-order valence-corrected chi connectivity index (χ2v) is 4.12. The van der Waals surface area contributed by atoms with Gasteiger partial charge in [-0.3, -0.25) is 4.79 Å². The molecular weight excluding hydrogens is 294 g/mol. The van der Waals surface area contributed by atoms with Crippen molar-refractivity contribution >= 4 is 27.8 Å². The van der Waals surface area contributed by atoms with Crippen molar-refractivity contribution in [3.63, 3.8) is 0 Å². The fourth-order valence-corrected chi connectivity index (χ4v) is 1.47.